The number of benzene rings is 2. The van der Waals surface area contributed by atoms with Crippen molar-refractivity contribution in [3.8, 4) is 0 Å². The van der Waals surface area contributed by atoms with Crippen molar-refractivity contribution in [2.75, 3.05) is 0 Å². The van der Waals surface area contributed by atoms with Gasteiger partial charge in [0, 0.05) is 6.20 Å². The first kappa shape index (κ1) is 18.5. The zero-order chi connectivity index (χ0) is 18.1. The van der Waals surface area contributed by atoms with Crippen LogP contribution in [-0.2, 0) is 6.42 Å². The third kappa shape index (κ3) is 5.92. The average Bonchev–Trinajstić information content (AvgIpc) is 2.64. The van der Waals surface area contributed by atoms with Crippen molar-refractivity contribution in [1.82, 2.24) is 5.43 Å². The van der Waals surface area contributed by atoms with Gasteiger partial charge in [-0.25, -0.2) is 0 Å². The molecule has 0 heterocycles. The van der Waals surface area contributed by atoms with Gasteiger partial charge in [-0.3, -0.25) is 5.43 Å². The van der Waals surface area contributed by atoms with E-state index in [0.29, 0.717) is 0 Å². The molecule has 2 aromatic carbocycles. The molecule has 0 atom stereocenters. The predicted molar refractivity (Wildman–Crippen MR) is 110 cm³/mol. The summed E-state index contributed by atoms with van der Waals surface area (Å²) >= 11 is 0. The molecule has 0 unspecified atom stereocenters. The maximum Gasteiger partial charge on any atom is 0.0648 e. The maximum absolute atomic E-state index is 4.40. The number of hydrogen-bond acceptors (Lipinski definition) is 2. The summed E-state index contributed by atoms with van der Waals surface area (Å²) in [6, 6.07) is 18.7. The molecule has 2 heteroatoms. The first-order valence-corrected chi connectivity index (χ1v) is 8.58. The van der Waals surface area contributed by atoms with Crippen LogP contribution in [0.2, 0.25) is 0 Å². The van der Waals surface area contributed by atoms with Crippen LogP contribution >= 0.6 is 0 Å². The highest BCUT2D eigenvalue weighted by atomic mass is 15.3. The lowest BCUT2D eigenvalue weighted by atomic mass is 10.0. The van der Waals surface area contributed by atoms with E-state index in [4.69, 9.17) is 0 Å². The van der Waals surface area contributed by atoms with Crippen LogP contribution in [0.3, 0.4) is 0 Å². The van der Waals surface area contributed by atoms with Crippen LogP contribution in [0.1, 0.15) is 37.5 Å². The smallest absolute Gasteiger partial charge is 0.0648 e. The number of allylic oxidation sites excluding steroid dienone is 4. The standard InChI is InChI=1S/C23H26N2/c1-5-20-10-9-13-22(17-20)23(16-18(2)3)14-15-24-25-19(4)21-11-7-6-8-12-21/h6-17,24H,2,5H2,1,3-4H3/b15-14-,23-16+,25-19+. The van der Waals surface area contributed by atoms with Crippen molar-refractivity contribution in [3.05, 3.63) is 102 Å². The van der Waals surface area contributed by atoms with E-state index in [-0.39, 0.29) is 0 Å². The monoisotopic (exact) mass is 330 g/mol. The minimum atomic E-state index is 0.948. The minimum Gasteiger partial charge on any atom is -0.286 e. The SMILES string of the molecule is C=C(C)/C=C(\C=C/N/N=C(\C)c1ccccc1)c1cccc(CC)c1. The fraction of sp³-hybridized carbons (Fsp3) is 0.174. The molecule has 25 heavy (non-hydrogen) atoms. The van der Waals surface area contributed by atoms with E-state index in [1.54, 1.807) is 0 Å². The molecule has 0 aliphatic heterocycles. The molecule has 0 spiro atoms. The Bertz CT molecular complexity index is 796. The van der Waals surface area contributed by atoms with Crippen molar-refractivity contribution in [1.29, 1.82) is 0 Å². The Morgan fingerprint density at radius 2 is 1.76 bits per heavy atom. The van der Waals surface area contributed by atoms with Gasteiger partial charge in [-0.05, 0) is 48.6 Å². The zero-order valence-electron chi connectivity index (χ0n) is 15.3. The van der Waals surface area contributed by atoms with Gasteiger partial charge in [0.05, 0.1) is 5.71 Å². The van der Waals surface area contributed by atoms with E-state index in [1.807, 2.05) is 56.5 Å². The number of hydrogen-bond donors (Lipinski definition) is 1. The van der Waals surface area contributed by atoms with E-state index in [0.717, 1.165) is 28.8 Å². The predicted octanol–water partition coefficient (Wildman–Crippen LogP) is 5.74. The number of hydrazone groups is 1. The largest absolute Gasteiger partial charge is 0.286 e. The minimum absolute atomic E-state index is 0.948. The van der Waals surface area contributed by atoms with Gasteiger partial charge in [-0.1, -0.05) is 79.7 Å². The summed E-state index contributed by atoms with van der Waals surface area (Å²) in [4.78, 5) is 0. The highest BCUT2D eigenvalue weighted by molar-refractivity contribution is 5.98. The van der Waals surface area contributed by atoms with Gasteiger partial charge in [0.2, 0.25) is 0 Å². The van der Waals surface area contributed by atoms with Gasteiger partial charge in [0.25, 0.3) is 0 Å². The summed E-state index contributed by atoms with van der Waals surface area (Å²) in [6.07, 6.45) is 7.00. The highest BCUT2D eigenvalue weighted by Crippen LogP contribution is 2.19. The molecule has 0 saturated carbocycles. The van der Waals surface area contributed by atoms with Crippen LogP contribution in [0.15, 0.2) is 90.2 Å². The second-order valence-corrected chi connectivity index (χ2v) is 6.03. The van der Waals surface area contributed by atoms with E-state index >= 15 is 0 Å². The van der Waals surface area contributed by atoms with Crippen LogP contribution < -0.4 is 5.43 Å². The molecule has 0 bridgehead atoms. The van der Waals surface area contributed by atoms with Crippen LogP contribution in [-0.4, -0.2) is 5.71 Å². The Kier molecular flexibility index (Phi) is 6.97. The molecule has 0 aromatic heterocycles. The highest BCUT2D eigenvalue weighted by Gasteiger charge is 2.00. The fourth-order valence-electron chi connectivity index (χ4n) is 2.47. The van der Waals surface area contributed by atoms with Gasteiger partial charge in [0.15, 0.2) is 0 Å². The Morgan fingerprint density at radius 3 is 2.44 bits per heavy atom. The summed E-state index contributed by atoms with van der Waals surface area (Å²) in [6.45, 7) is 10.2. The molecule has 0 radical (unpaired) electrons. The van der Waals surface area contributed by atoms with Gasteiger partial charge in [0.1, 0.15) is 0 Å². The molecular weight excluding hydrogens is 304 g/mol. The third-order valence-electron chi connectivity index (χ3n) is 3.83. The second kappa shape index (κ2) is 9.43. The van der Waals surface area contributed by atoms with Crippen molar-refractivity contribution in [2.24, 2.45) is 5.10 Å². The number of aryl methyl sites for hydroxylation is 1. The Labute approximate surface area is 151 Å². The van der Waals surface area contributed by atoms with Crippen molar-refractivity contribution >= 4 is 11.3 Å². The number of nitrogens with zero attached hydrogens (tertiary/aromatic N) is 1. The van der Waals surface area contributed by atoms with Crippen LogP contribution in [0.25, 0.3) is 5.57 Å². The van der Waals surface area contributed by atoms with Crippen molar-refractivity contribution in [3.63, 3.8) is 0 Å². The van der Waals surface area contributed by atoms with Gasteiger partial charge in [-0.15, -0.1) is 0 Å². The van der Waals surface area contributed by atoms with Crippen molar-refractivity contribution < 1.29 is 0 Å². The molecule has 0 aliphatic rings. The van der Waals surface area contributed by atoms with E-state index in [2.05, 4.69) is 54.4 Å². The lowest BCUT2D eigenvalue weighted by molar-refractivity contribution is 0.966. The summed E-state index contributed by atoms with van der Waals surface area (Å²) < 4.78 is 0. The molecule has 2 rings (SSSR count). The Morgan fingerprint density at radius 1 is 1.04 bits per heavy atom. The third-order valence-corrected chi connectivity index (χ3v) is 3.83. The van der Waals surface area contributed by atoms with E-state index in [1.165, 1.54) is 11.1 Å². The Hall–Kier alpha value is -2.87. The first-order chi connectivity index (χ1) is 12.1. The fourth-order valence-corrected chi connectivity index (χ4v) is 2.47. The topological polar surface area (TPSA) is 24.4 Å². The molecule has 1 N–H and O–H groups in total. The average molecular weight is 330 g/mol. The van der Waals surface area contributed by atoms with E-state index in [9.17, 15) is 0 Å². The molecule has 0 amide bonds. The summed E-state index contributed by atoms with van der Waals surface area (Å²) in [5, 5.41) is 4.40. The molecule has 2 nitrogen and oxygen atoms in total. The normalized spacial score (nSPS) is 12.4. The molecule has 0 fully saturated rings. The van der Waals surface area contributed by atoms with Gasteiger partial charge < -0.3 is 0 Å². The zero-order valence-corrected chi connectivity index (χ0v) is 15.3. The van der Waals surface area contributed by atoms with E-state index < -0.39 is 0 Å². The summed E-state index contributed by atoms with van der Waals surface area (Å²) in [5.41, 5.74) is 9.72. The van der Waals surface area contributed by atoms with Crippen LogP contribution in [0.5, 0.6) is 0 Å². The molecule has 0 saturated heterocycles. The van der Waals surface area contributed by atoms with Crippen molar-refractivity contribution in [2.45, 2.75) is 27.2 Å². The summed E-state index contributed by atoms with van der Waals surface area (Å²) in [7, 11) is 0. The molecular formula is C23H26N2. The van der Waals surface area contributed by atoms with Crippen LogP contribution in [0.4, 0.5) is 0 Å². The number of rotatable bonds is 7. The number of nitrogens with one attached hydrogen (secondary N) is 1. The lowest BCUT2D eigenvalue weighted by Gasteiger charge is -2.06. The maximum atomic E-state index is 4.40. The molecule has 2 aromatic rings. The van der Waals surface area contributed by atoms with Crippen LogP contribution in [0, 0.1) is 0 Å². The molecule has 128 valence electrons. The summed E-state index contributed by atoms with van der Waals surface area (Å²) in [5.74, 6) is 0. The lowest BCUT2D eigenvalue weighted by Crippen LogP contribution is -2.02. The Balaban J connectivity index is 2.15. The second-order valence-electron chi connectivity index (χ2n) is 6.03. The van der Waals surface area contributed by atoms with Gasteiger partial charge in [-0.2, -0.15) is 5.10 Å². The first-order valence-electron chi connectivity index (χ1n) is 8.58. The molecule has 0 aliphatic carbocycles. The van der Waals surface area contributed by atoms with Gasteiger partial charge >= 0.3 is 0 Å². The quantitative estimate of drug-likeness (QED) is 0.391.